The molecule has 0 saturated carbocycles. The largest absolute Gasteiger partial charge is 0.478 e. The Bertz CT molecular complexity index is 1050. The predicted molar refractivity (Wildman–Crippen MR) is 102 cm³/mol. The molecule has 1 aliphatic rings. The molecule has 1 saturated heterocycles. The van der Waals surface area contributed by atoms with Crippen LogP contribution < -0.4 is 0 Å². The highest BCUT2D eigenvalue weighted by molar-refractivity contribution is 5.99. The fraction of sp³-hybridized carbons (Fsp3) is 0.273. The van der Waals surface area contributed by atoms with Gasteiger partial charge in [0.1, 0.15) is 5.58 Å². The van der Waals surface area contributed by atoms with Crippen LogP contribution in [0.15, 0.2) is 46.9 Å². The summed E-state index contributed by atoms with van der Waals surface area (Å²) >= 11 is 0. The van der Waals surface area contributed by atoms with Crippen LogP contribution in [0.5, 0.6) is 0 Å². The third-order valence-electron chi connectivity index (χ3n) is 5.39. The van der Waals surface area contributed by atoms with Crippen molar-refractivity contribution in [2.24, 2.45) is 0 Å². The van der Waals surface area contributed by atoms with Crippen LogP contribution in [0, 0.1) is 13.8 Å². The molecule has 0 radical (unpaired) electrons. The maximum atomic E-state index is 13.0. The van der Waals surface area contributed by atoms with Gasteiger partial charge >= 0.3 is 5.97 Å². The molecule has 3 aromatic rings. The number of hydrogen-bond donors (Lipinski definition) is 1. The van der Waals surface area contributed by atoms with Gasteiger partial charge in [0.15, 0.2) is 5.76 Å². The highest BCUT2D eigenvalue weighted by Gasteiger charge is 2.32. The average Bonchev–Trinajstić information content (AvgIpc) is 3.26. The second kappa shape index (κ2) is 6.58. The normalized spacial score (nSPS) is 16.8. The van der Waals surface area contributed by atoms with Crippen molar-refractivity contribution >= 4 is 22.8 Å². The number of carbonyl (C=O) groups is 2. The van der Waals surface area contributed by atoms with Gasteiger partial charge in [-0.2, -0.15) is 0 Å². The monoisotopic (exact) mass is 363 g/mol. The Kier molecular flexibility index (Phi) is 4.22. The number of benzene rings is 2. The molecule has 2 aromatic carbocycles. The van der Waals surface area contributed by atoms with E-state index >= 15 is 0 Å². The van der Waals surface area contributed by atoms with E-state index in [0.29, 0.717) is 24.4 Å². The number of rotatable bonds is 3. The summed E-state index contributed by atoms with van der Waals surface area (Å²) in [6.45, 7) is 4.98. The van der Waals surface area contributed by atoms with Crippen molar-refractivity contribution in [3.8, 4) is 0 Å². The van der Waals surface area contributed by atoms with Gasteiger partial charge < -0.3 is 14.4 Å². The fourth-order valence-electron chi connectivity index (χ4n) is 3.93. The lowest BCUT2D eigenvalue weighted by Crippen LogP contribution is -2.28. The molecule has 27 heavy (non-hydrogen) atoms. The van der Waals surface area contributed by atoms with Gasteiger partial charge in [-0.15, -0.1) is 0 Å². The van der Waals surface area contributed by atoms with Gasteiger partial charge in [-0.1, -0.05) is 30.3 Å². The van der Waals surface area contributed by atoms with Crippen LogP contribution >= 0.6 is 0 Å². The molecule has 1 aliphatic heterocycles. The minimum absolute atomic E-state index is 0.0215. The van der Waals surface area contributed by atoms with E-state index in [-0.39, 0.29) is 11.8 Å². The van der Waals surface area contributed by atoms with Crippen LogP contribution in [0.4, 0.5) is 0 Å². The number of nitrogens with zero attached hydrogens (tertiary/aromatic N) is 1. The van der Waals surface area contributed by atoms with Crippen molar-refractivity contribution in [2.75, 3.05) is 13.1 Å². The molecular weight excluding hydrogens is 342 g/mol. The highest BCUT2D eigenvalue weighted by atomic mass is 16.4. The van der Waals surface area contributed by atoms with Crippen LogP contribution in [-0.4, -0.2) is 35.0 Å². The molecule has 4 rings (SSSR count). The Labute approximate surface area is 157 Å². The highest BCUT2D eigenvalue weighted by Crippen LogP contribution is 2.32. The van der Waals surface area contributed by atoms with Crippen LogP contribution in [0.25, 0.3) is 11.0 Å². The zero-order valence-corrected chi connectivity index (χ0v) is 15.4. The van der Waals surface area contributed by atoms with Crippen molar-refractivity contribution < 1.29 is 19.1 Å². The minimum atomic E-state index is -0.932. The molecule has 1 atom stereocenters. The lowest BCUT2D eigenvalue weighted by Gasteiger charge is -2.16. The lowest BCUT2D eigenvalue weighted by molar-refractivity contribution is 0.0695. The first kappa shape index (κ1) is 17.3. The van der Waals surface area contributed by atoms with E-state index in [4.69, 9.17) is 4.42 Å². The number of carboxylic acids is 1. The van der Waals surface area contributed by atoms with Gasteiger partial charge in [-0.25, -0.2) is 4.79 Å². The Morgan fingerprint density at radius 1 is 1.15 bits per heavy atom. The van der Waals surface area contributed by atoms with E-state index in [2.05, 4.69) is 0 Å². The van der Waals surface area contributed by atoms with Crippen molar-refractivity contribution in [1.29, 1.82) is 0 Å². The molecule has 1 amide bonds. The fourth-order valence-corrected chi connectivity index (χ4v) is 3.93. The topological polar surface area (TPSA) is 70.8 Å². The maximum Gasteiger partial charge on any atom is 0.335 e. The van der Waals surface area contributed by atoms with Gasteiger partial charge in [-0.3, -0.25) is 4.79 Å². The molecule has 0 spiro atoms. The van der Waals surface area contributed by atoms with Gasteiger partial charge in [0.2, 0.25) is 0 Å². The number of likely N-dealkylation sites (tertiary alicyclic amines) is 1. The Morgan fingerprint density at radius 2 is 1.93 bits per heavy atom. The molecule has 0 unspecified atom stereocenters. The van der Waals surface area contributed by atoms with Crippen molar-refractivity contribution in [2.45, 2.75) is 26.2 Å². The summed E-state index contributed by atoms with van der Waals surface area (Å²) in [5.41, 5.74) is 3.76. The number of furan rings is 1. The van der Waals surface area contributed by atoms with Crippen LogP contribution in [-0.2, 0) is 0 Å². The summed E-state index contributed by atoms with van der Waals surface area (Å²) in [4.78, 5) is 26.3. The standard InChI is InChI=1S/C22H21NO4/c1-13-7-8-16-14(2)20(27-19(16)11-13)21(24)23-10-9-15(12-23)17-5-3-4-6-18(17)22(25)26/h3-8,11,15H,9-10,12H2,1-2H3,(H,25,26)/t15-/m1/s1. The van der Waals surface area contributed by atoms with Crippen LogP contribution in [0.1, 0.15) is 49.9 Å². The Balaban J connectivity index is 1.60. The van der Waals surface area contributed by atoms with E-state index in [0.717, 1.165) is 34.1 Å². The van der Waals surface area contributed by atoms with Crippen molar-refractivity contribution in [1.82, 2.24) is 4.90 Å². The second-order valence-electron chi connectivity index (χ2n) is 7.18. The Morgan fingerprint density at radius 3 is 2.70 bits per heavy atom. The van der Waals surface area contributed by atoms with E-state index in [1.165, 1.54) is 0 Å². The van der Waals surface area contributed by atoms with E-state index in [1.54, 1.807) is 17.0 Å². The molecule has 0 aliphatic carbocycles. The number of hydrogen-bond acceptors (Lipinski definition) is 3. The summed E-state index contributed by atoms with van der Waals surface area (Å²) in [6.07, 6.45) is 0.744. The van der Waals surface area contributed by atoms with E-state index < -0.39 is 5.97 Å². The van der Waals surface area contributed by atoms with Gasteiger partial charge in [0.25, 0.3) is 5.91 Å². The van der Waals surface area contributed by atoms with Gasteiger partial charge in [-0.05, 0) is 43.5 Å². The van der Waals surface area contributed by atoms with E-state index in [1.807, 2.05) is 44.2 Å². The molecule has 0 bridgehead atoms. The molecule has 5 nitrogen and oxygen atoms in total. The number of aromatic carboxylic acids is 1. The van der Waals surface area contributed by atoms with Crippen LogP contribution in [0.3, 0.4) is 0 Å². The van der Waals surface area contributed by atoms with Crippen molar-refractivity contribution in [3.05, 3.63) is 70.5 Å². The first-order valence-electron chi connectivity index (χ1n) is 9.07. The van der Waals surface area contributed by atoms with Gasteiger partial charge in [0.05, 0.1) is 5.56 Å². The first-order valence-corrected chi connectivity index (χ1v) is 9.07. The third-order valence-corrected chi connectivity index (χ3v) is 5.39. The van der Waals surface area contributed by atoms with E-state index in [9.17, 15) is 14.7 Å². The number of aryl methyl sites for hydroxylation is 2. The molecule has 2 heterocycles. The third kappa shape index (κ3) is 2.99. The molecule has 1 fully saturated rings. The first-order chi connectivity index (χ1) is 13.0. The predicted octanol–water partition coefficient (Wildman–Crippen LogP) is 4.38. The Hall–Kier alpha value is -3.08. The molecule has 138 valence electrons. The van der Waals surface area contributed by atoms with Gasteiger partial charge in [0, 0.05) is 30.0 Å². The summed E-state index contributed by atoms with van der Waals surface area (Å²) < 4.78 is 5.87. The molecule has 5 heteroatoms. The summed E-state index contributed by atoms with van der Waals surface area (Å²) in [5.74, 6) is -0.661. The molecular formula is C22H21NO4. The van der Waals surface area contributed by atoms with Crippen molar-refractivity contribution in [3.63, 3.8) is 0 Å². The zero-order valence-electron chi connectivity index (χ0n) is 15.4. The summed E-state index contributed by atoms with van der Waals surface area (Å²) in [5, 5.41) is 10.4. The average molecular weight is 363 g/mol. The SMILES string of the molecule is Cc1ccc2c(C)c(C(=O)N3CC[C@@H](c4ccccc4C(=O)O)C3)oc2c1. The molecule has 1 N–H and O–H groups in total. The summed E-state index contributed by atoms with van der Waals surface area (Å²) in [7, 11) is 0. The zero-order chi connectivity index (χ0) is 19.1. The number of amides is 1. The lowest BCUT2D eigenvalue weighted by atomic mass is 9.93. The quantitative estimate of drug-likeness (QED) is 0.750. The smallest absolute Gasteiger partial charge is 0.335 e. The number of carbonyl (C=O) groups excluding carboxylic acids is 1. The molecule has 1 aromatic heterocycles. The number of carboxylic acid groups (broad SMARTS) is 1. The second-order valence-corrected chi connectivity index (χ2v) is 7.18. The maximum absolute atomic E-state index is 13.0. The number of fused-ring (bicyclic) bond motifs is 1. The minimum Gasteiger partial charge on any atom is -0.478 e. The summed E-state index contributed by atoms with van der Waals surface area (Å²) in [6, 6.07) is 13.0. The van der Waals surface area contributed by atoms with Crippen LogP contribution in [0.2, 0.25) is 0 Å².